The van der Waals surface area contributed by atoms with Gasteiger partial charge in [0.2, 0.25) is 0 Å². The molecule has 1 aliphatic heterocycles. The molecule has 1 amide bonds. The minimum atomic E-state index is -0.973. The summed E-state index contributed by atoms with van der Waals surface area (Å²) in [5, 5.41) is 11.1. The van der Waals surface area contributed by atoms with Crippen LogP contribution in [0.4, 0.5) is 5.82 Å². The number of hydrogen-bond acceptors (Lipinski definition) is 6. The van der Waals surface area contributed by atoms with Gasteiger partial charge in [0.15, 0.2) is 0 Å². The molecule has 0 aliphatic carbocycles. The topological polar surface area (TPSA) is 82.5 Å². The number of hydrogen-bond donors (Lipinski definition) is 1. The molecule has 7 nitrogen and oxygen atoms in total. The molecular formula is C19H25N5O2. The summed E-state index contributed by atoms with van der Waals surface area (Å²) in [4.78, 5) is 28.8. The quantitative estimate of drug-likeness (QED) is 0.897. The maximum absolute atomic E-state index is 12.6. The van der Waals surface area contributed by atoms with Gasteiger partial charge >= 0.3 is 0 Å². The molecule has 0 spiro atoms. The number of aromatic nitrogens is 3. The summed E-state index contributed by atoms with van der Waals surface area (Å²) >= 11 is 0. The van der Waals surface area contributed by atoms with E-state index in [2.05, 4.69) is 19.9 Å². The maximum atomic E-state index is 12.6. The summed E-state index contributed by atoms with van der Waals surface area (Å²) in [5.74, 6) is 0.674. The van der Waals surface area contributed by atoms with E-state index >= 15 is 0 Å². The summed E-state index contributed by atoms with van der Waals surface area (Å²) < 4.78 is 0. The number of aryl methyl sites for hydroxylation is 2. The number of likely N-dealkylation sites (N-methyl/N-ethyl adjacent to an activating group) is 1. The Morgan fingerprint density at radius 2 is 2.08 bits per heavy atom. The molecule has 3 rings (SSSR count). The lowest BCUT2D eigenvalue weighted by Gasteiger charge is -2.41. The van der Waals surface area contributed by atoms with Crippen LogP contribution in [0.1, 0.15) is 34.6 Å². The van der Waals surface area contributed by atoms with Crippen LogP contribution in [0.15, 0.2) is 30.7 Å². The molecule has 1 saturated heterocycles. The number of β-amino-alcohol motifs (C(OH)–C–C–N with tert-alkyl or cyclic N) is 1. The van der Waals surface area contributed by atoms with Crippen molar-refractivity contribution in [1.29, 1.82) is 0 Å². The fourth-order valence-electron chi connectivity index (χ4n) is 3.38. The summed E-state index contributed by atoms with van der Waals surface area (Å²) in [6.07, 6.45) is 4.61. The summed E-state index contributed by atoms with van der Waals surface area (Å²) in [6, 6.07) is 5.50. The fraction of sp³-hybridized carbons (Fsp3) is 0.474. The van der Waals surface area contributed by atoms with Crippen LogP contribution < -0.4 is 4.90 Å². The number of pyridine rings is 1. The Morgan fingerprint density at radius 3 is 2.77 bits per heavy atom. The van der Waals surface area contributed by atoms with Gasteiger partial charge in [-0.3, -0.25) is 9.78 Å². The van der Waals surface area contributed by atoms with Gasteiger partial charge in [0, 0.05) is 43.8 Å². The minimum Gasteiger partial charge on any atom is -0.386 e. The zero-order valence-corrected chi connectivity index (χ0v) is 15.5. The van der Waals surface area contributed by atoms with Crippen molar-refractivity contribution in [2.45, 2.75) is 32.3 Å². The Balaban J connectivity index is 1.69. The first-order chi connectivity index (χ1) is 12.4. The van der Waals surface area contributed by atoms with Crippen LogP contribution in [-0.2, 0) is 0 Å². The van der Waals surface area contributed by atoms with Crippen molar-refractivity contribution in [3.05, 3.63) is 47.7 Å². The summed E-state index contributed by atoms with van der Waals surface area (Å²) in [6.45, 7) is 5.33. The second kappa shape index (κ2) is 7.37. The van der Waals surface area contributed by atoms with E-state index in [4.69, 9.17) is 0 Å². The van der Waals surface area contributed by atoms with Crippen molar-refractivity contribution >= 4 is 11.7 Å². The highest BCUT2D eigenvalue weighted by atomic mass is 16.3. The Hall–Kier alpha value is -2.54. The number of carbonyl (C=O) groups excluding carboxylic acids is 1. The Kier molecular flexibility index (Phi) is 5.18. The average Bonchev–Trinajstić information content (AvgIpc) is 2.61. The first kappa shape index (κ1) is 18.3. The molecule has 0 unspecified atom stereocenters. The highest BCUT2D eigenvalue weighted by molar-refractivity contribution is 5.93. The molecule has 7 heteroatoms. The van der Waals surface area contributed by atoms with E-state index < -0.39 is 5.60 Å². The van der Waals surface area contributed by atoms with E-state index in [0.717, 1.165) is 30.2 Å². The van der Waals surface area contributed by atoms with Gasteiger partial charge in [-0.05, 0) is 38.8 Å². The summed E-state index contributed by atoms with van der Waals surface area (Å²) in [5.41, 5.74) is 1.31. The lowest BCUT2D eigenvalue weighted by molar-refractivity contribution is -0.000152. The van der Waals surface area contributed by atoms with Gasteiger partial charge in [0.1, 0.15) is 12.1 Å². The molecule has 26 heavy (non-hydrogen) atoms. The zero-order valence-electron chi connectivity index (χ0n) is 15.5. The van der Waals surface area contributed by atoms with Gasteiger partial charge < -0.3 is 14.9 Å². The van der Waals surface area contributed by atoms with Crippen LogP contribution in [0.2, 0.25) is 0 Å². The Labute approximate surface area is 153 Å². The molecule has 2 aromatic rings. The molecular weight excluding hydrogens is 330 g/mol. The predicted octanol–water partition coefficient (Wildman–Crippen LogP) is 1.59. The number of nitrogens with zero attached hydrogens (tertiary/aromatic N) is 5. The van der Waals surface area contributed by atoms with Crippen molar-refractivity contribution in [2.75, 3.05) is 31.6 Å². The molecule has 0 aromatic carbocycles. The standard InChI is InChI=1S/C19H25N5O2/c1-14-5-6-16(10-20-14)18(25)23(3)11-19(26)7-4-8-24(12-19)17-9-15(2)21-13-22-17/h5-6,9-10,13,26H,4,7-8,11-12H2,1-3H3/t19-/m0/s1. The SMILES string of the molecule is Cc1ccc(C(=O)N(C)C[C@@]2(O)CCCN(c3cc(C)ncn3)C2)cn1. The van der Waals surface area contributed by atoms with E-state index in [1.54, 1.807) is 30.5 Å². The summed E-state index contributed by atoms with van der Waals surface area (Å²) in [7, 11) is 1.72. The van der Waals surface area contributed by atoms with Crippen LogP contribution in [0.3, 0.4) is 0 Å². The molecule has 0 radical (unpaired) electrons. The third kappa shape index (κ3) is 4.16. The van der Waals surface area contributed by atoms with Crippen molar-refractivity contribution < 1.29 is 9.90 Å². The van der Waals surface area contributed by atoms with Crippen molar-refractivity contribution in [3.8, 4) is 0 Å². The molecule has 1 aliphatic rings. The van der Waals surface area contributed by atoms with Crippen LogP contribution in [-0.4, -0.2) is 63.1 Å². The number of amides is 1. The largest absolute Gasteiger partial charge is 0.386 e. The fourth-order valence-corrected chi connectivity index (χ4v) is 3.38. The Morgan fingerprint density at radius 1 is 1.27 bits per heavy atom. The molecule has 0 bridgehead atoms. The second-order valence-corrected chi connectivity index (χ2v) is 7.12. The molecule has 1 fully saturated rings. The highest BCUT2D eigenvalue weighted by Gasteiger charge is 2.36. The first-order valence-electron chi connectivity index (χ1n) is 8.80. The number of piperidine rings is 1. The second-order valence-electron chi connectivity index (χ2n) is 7.12. The van der Waals surface area contributed by atoms with Crippen LogP contribution in [0.25, 0.3) is 0 Å². The molecule has 0 saturated carbocycles. The predicted molar refractivity (Wildman–Crippen MR) is 99.1 cm³/mol. The molecule has 1 atom stereocenters. The molecule has 138 valence electrons. The number of rotatable bonds is 4. The monoisotopic (exact) mass is 355 g/mol. The van der Waals surface area contributed by atoms with E-state index in [9.17, 15) is 9.90 Å². The lowest BCUT2D eigenvalue weighted by Crippen LogP contribution is -2.54. The van der Waals surface area contributed by atoms with Gasteiger partial charge in [-0.1, -0.05) is 0 Å². The van der Waals surface area contributed by atoms with Crippen LogP contribution in [0, 0.1) is 13.8 Å². The van der Waals surface area contributed by atoms with Crippen LogP contribution in [0.5, 0.6) is 0 Å². The maximum Gasteiger partial charge on any atom is 0.255 e. The average molecular weight is 355 g/mol. The number of aliphatic hydroxyl groups is 1. The third-order valence-electron chi connectivity index (χ3n) is 4.71. The molecule has 2 aromatic heterocycles. The molecule has 1 N–H and O–H groups in total. The normalized spacial score (nSPS) is 20.1. The van der Waals surface area contributed by atoms with E-state index in [0.29, 0.717) is 18.5 Å². The zero-order chi connectivity index (χ0) is 18.7. The van der Waals surface area contributed by atoms with Crippen molar-refractivity contribution in [3.63, 3.8) is 0 Å². The van der Waals surface area contributed by atoms with Crippen LogP contribution >= 0.6 is 0 Å². The van der Waals surface area contributed by atoms with E-state index in [1.807, 2.05) is 26.0 Å². The first-order valence-corrected chi connectivity index (χ1v) is 8.80. The Bertz CT molecular complexity index is 780. The number of carbonyl (C=O) groups is 1. The number of anilines is 1. The molecule has 3 heterocycles. The van der Waals surface area contributed by atoms with Gasteiger partial charge in [0.05, 0.1) is 17.7 Å². The highest BCUT2D eigenvalue weighted by Crippen LogP contribution is 2.26. The van der Waals surface area contributed by atoms with E-state index in [1.165, 1.54) is 0 Å². The van der Waals surface area contributed by atoms with Gasteiger partial charge in [-0.2, -0.15) is 0 Å². The van der Waals surface area contributed by atoms with Crippen molar-refractivity contribution in [1.82, 2.24) is 19.9 Å². The van der Waals surface area contributed by atoms with Gasteiger partial charge in [0.25, 0.3) is 5.91 Å². The third-order valence-corrected chi connectivity index (χ3v) is 4.71. The van der Waals surface area contributed by atoms with Crippen molar-refractivity contribution in [2.24, 2.45) is 0 Å². The van der Waals surface area contributed by atoms with Gasteiger partial charge in [-0.15, -0.1) is 0 Å². The minimum absolute atomic E-state index is 0.138. The smallest absolute Gasteiger partial charge is 0.255 e. The van der Waals surface area contributed by atoms with Gasteiger partial charge in [-0.25, -0.2) is 9.97 Å². The lowest BCUT2D eigenvalue weighted by atomic mass is 9.92. The van der Waals surface area contributed by atoms with E-state index in [-0.39, 0.29) is 12.5 Å².